The lowest BCUT2D eigenvalue weighted by Crippen LogP contribution is -2.42. The van der Waals surface area contributed by atoms with Crippen molar-refractivity contribution in [1.82, 2.24) is 14.8 Å². The smallest absolute Gasteiger partial charge is 0.270 e. The summed E-state index contributed by atoms with van der Waals surface area (Å²) in [5.41, 5.74) is 2.02. The SMILES string of the molecule is COc1ccc(C2CC(c3ccccc3)N(C(=O)c3cccc([N+](=O)[O-])c3)c3ncnn32)cc1. The van der Waals surface area contributed by atoms with Crippen molar-refractivity contribution in [1.29, 1.82) is 0 Å². The first-order valence-electron chi connectivity index (χ1n) is 10.7. The van der Waals surface area contributed by atoms with Crippen molar-refractivity contribution in [2.75, 3.05) is 12.0 Å². The summed E-state index contributed by atoms with van der Waals surface area (Å²) >= 11 is 0. The molecule has 4 aromatic rings. The first kappa shape index (κ1) is 21.3. The molecule has 2 heterocycles. The Labute approximate surface area is 195 Å². The summed E-state index contributed by atoms with van der Waals surface area (Å²) in [7, 11) is 1.62. The minimum atomic E-state index is -0.510. The van der Waals surface area contributed by atoms with Gasteiger partial charge in [-0.05, 0) is 35.7 Å². The summed E-state index contributed by atoms with van der Waals surface area (Å²) in [6, 6.07) is 22.7. The Balaban J connectivity index is 1.62. The summed E-state index contributed by atoms with van der Waals surface area (Å²) in [5, 5.41) is 15.7. The number of benzene rings is 3. The number of nitrogens with zero attached hydrogens (tertiary/aromatic N) is 5. The van der Waals surface area contributed by atoms with Crippen LogP contribution in [0.5, 0.6) is 5.75 Å². The Morgan fingerprint density at radius 2 is 1.74 bits per heavy atom. The van der Waals surface area contributed by atoms with Gasteiger partial charge in [0.15, 0.2) is 0 Å². The summed E-state index contributed by atoms with van der Waals surface area (Å²) in [4.78, 5) is 30.5. The summed E-state index contributed by atoms with van der Waals surface area (Å²) in [5.74, 6) is 0.762. The number of methoxy groups -OCH3 is 1. The molecule has 9 nitrogen and oxygen atoms in total. The molecule has 1 aromatic heterocycles. The van der Waals surface area contributed by atoms with E-state index in [1.54, 1.807) is 22.8 Å². The Bertz CT molecular complexity index is 1340. The van der Waals surface area contributed by atoms with E-state index < -0.39 is 4.92 Å². The number of ether oxygens (including phenoxy) is 1. The third kappa shape index (κ3) is 3.77. The van der Waals surface area contributed by atoms with Crippen LogP contribution in [0.25, 0.3) is 0 Å². The van der Waals surface area contributed by atoms with Gasteiger partial charge in [-0.3, -0.25) is 19.8 Å². The van der Waals surface area contributed by atoms with Gasteiger partial charge in [0, 0.05) is 17.7 Å². The molecule has 0 radical (unpaired) electrons. The van der Waals surface area contributed by atoms with Crippen molar-refractivity contribution in [2.45, 2.75) is 18.5 Å². The monoisotopic (exact) mass is 455 g/mol. The number of non-ortho nitro benzene ring substituents is 1. The Morgan fingerprint density at radius 1 is 1.00 bits per heavy atom. The third-order valence-corrected chi connectivity index (χ3v) is 6.03. The third-order valence-electron chi connectivity index (χ3n) is 6.03. The molecule has 1 aliphatic rings. The van der Waals surface area contributed by atoms with Gasteiger partial charge in [0.05, 0.1) is 24.1 Å². The standard InChI is InChI=1S/C25H21N5O4/c1-34-21-12-10-18(11-13-21)23-15-22(17-6-3-2-4-7-17)28(25-26-16-27-29(23)25)24(31)19-8-5-9-20(14-19)30(32)33/h2-14,16,22-23H,15H2,1H3. The van der Waals surface area contributed by atoms with Gasteiger partial charge in [-0.1, -0.05) is 48.5 Å². The molecule has 1 amide bonds. The van der Waals surface area contributed by atoms with E-state index in [9.17, 15) is 14.9 Å². The Hall–Kier alpha value is -4.53. The number of amides is 1. The molecular weight excluding hydrogens is 434 g/mol. The van der Waals surface area contributed by atoms with Crippen molar-refractivity contribution < 1.29 is 14.5 Å². The maximum Gasteiger partial charge on any atom is 0.270 e. The number of rotatable bonds is 5. The van der Waals surface area contributed by atoms with Gasteiger partial charge in [-0.25, -0.2) is 4.68 Å². The zero-order valence-electron chi connectivity index (χ0n) is 18.3. The minimum Gasteiger partial charge on any atom is -0.497 e. The van der Waals surface area contributed by atoms with E-state index in [1.165, 1.54) is 24.5 Å². The number of nitro benzene ring substituents is 1. The molecule has 1 aliphatic heterocycles. The van der Waals surface area contributed by atoms with Crippen LogP contribution in [0.1, 0.15) is 40.0 Å². The summed E-state index contributed by atoms with van der Waals surface area (Å²) in [6.07, 6.45) is 1.97. The van der Waals surface area contributed by atoms with E-state index in [0.717, 1.165) is 16.9 Å². The number of fused-ring (bicyclic) bond motifs is 1. The van der Waals surface area contributed by atoms with Crippen LogP contribution in [0.4, 0.5) is 11.6 Å². The van der Waals surface area contributed by atoms with Gasteiger partial charge in [0.2, 0.25) is 5.95 Å². The van der Waals surface area contributed by atoms with Crippen LogP contribution in [-0.2, 0) is 0 Å². The second-order valence-corrected chi connectivity index (χ2v) is 7.94. The highest BCUT2D eigenvalue weighted by atomic mass is 16.6. The molecule has 2 atom stereocenters. The van der Waals surface area contributed by atoms with Crippen molar-refractivity contribution in [2.24, 2.45) is 0 Å². The highest BCUT2D eigenvalue weighted by molar-refractivity contribution is 6.06. The molecule has 0 aliphatic carbocycles. The predicted molar refractivity (Wildman–Crippen MR) is 125 cm³/mol. The van der Waals surface area contributed by atoms with Gasteiger partial charge in [0.1, 0.15) is 12.1 Å². The van der Waals surface area contributed by atoms with Gasteiger partial charge in [0.25, 0.3) is 11.6 Å². The quantitative estimate of drug-likeness (QED) is 0.322. The van der Waals surface area contributed by atoms with Crippen molar-refractivity contribution >= 4 is 17.5 Å². The highest BCUT2D eigenvalue weighted by Crippen LogP contribution is 2.42. The molecule has 3 aromatic carbocycles. The second kappa shape index (κ2) is 8.78. The molecule has 170 valence electrons. The number of hydrogen-bond donors (Lipinski definition) is 0. The predicted octanol–water partition coefficient (Wildman–Crippen LogP) is 4.58. The average molecular weight is 455 g/mol. The van der Waals surface area contributed by atoms with Crippen molar-refractivity contribution in [3.63, 3.8) is 0 Å². The fraction of sp³-hybridized carbons (Fsp3) is 0.160. The van der Waals surface area contributed by atoms with Crippen LogP contribution in [0.3, 0.4) is 0 Å². The van der Waals surface area contributed by atoms with Crippen LogP contribution in [-0.4, -0.2) is 32.7 Å². The maximum absolute atomic E-state index is 13.8. The molecule has 0 bridgehead atoms. The van der Waals surface area contributed by atoms with E-state index in [1.807, 2.05) is 54.6 Å². The van der Waals surface area contributed by atoms with Gasteiger partial charge in [-0.15, -0.1) is 0 Å². The molecule has 9 heteroatoms. The first-order chi connectivity index (χ1) is 16.6. The largest absolute Gasteiger partial charge is 0.497 e. The molecule has 0 N–H and O–H groups in total. The van der Waals surface area contributed by atoms with Gasteiger partial charge in [-0.2, -0.15) is 10.1 Å². The molecule has 5 rings (SSSR count). The van der Waals surface area contributed by atoms with Crippen LogP contribution < -0.4 is 9.64 Å². The van der Waals surface area contributed by atoms with Gasteiger partial charge >= 0.3 is 0 Å². The zero-order chi connectivity index (χ0) is 23.7. The van der Waals surface area contributed by atoms with E-state index in [0.29, 0.717) is 12.4 Å². The lowest BCUT2D eigenvalue weighted by atomic mass is 9.91. The fourth-order valence-electron chi connectivity index (χ4n) is 4.38. The molecule has 0 saturated carbocycles. The number of anilines is 1. The topological polar surface area (TPSA) is 103 Å². The molecular formula is C25H21N5O4. The highest BCUT2D eigenvalue weighted by Gasteiger charge is 2.40. The lowest BCUT2D eigenvalue weighted by molar-refractivity contribution is -0.384. The van der Waals surface area contributed by atoms with Crippen LogP contribution in [0, 0.1) is 10.1 Å². The van der Waals surface area contributed by atoms with E-state index in [2.05, 4.69) is 10.1 Å². The lowest BCUT2D eigenvalue weighted by Gasteiger charge is -2.39. The average Bonchev–Trinajstić information content (AvgIpc) is 3.38. The minimum absolute atomic E-state index is 0.142. The number of carbonyl (C=O) groups excluding carboxylic acids is 1. The fourth-order valence-corrected chi connectivity index (χ4v) is 4.38. The Morgan fingerprint density at radius 3 is 2.44 bits per heavy atom. The molecule has 0 saturated heterocycles. The van der Waals surface area contributed by atoms with Crippen LogP contribution in [0.2, 0.25) is 0 Å². The molecule has 2 unspecified atom stereocenters. The molecule has 0 spiro atoms. The van der Waals surface area contributed by atoms with Crippen LogP contribution in [0.15, 0.2) is 85.2 Å². The summed E-state index contributed by atoms with van der Waals surface area (Å²) in [6.45, 7) is 0. The normalized spacial score (nSPS) is 17.1. The maximum atomic E-state index is 13.8. The number of nitro groups is 1. The van der Waals surface area contributed by atoms with E-state index in [-0.39, 0.29) is 29.2 Å². The number of aromatic nitrogens is 3. The van der Waals surface area contributed by atoms with Crippen molar-refractivity contribution in [3.05, 3.63) is 112 Å². The van der Waals surface area contributed by atoms with Crippen LogP contribution >= 0.6 is 0 Å². The summed E-state index contributed by atoms with van der Waals surface area (Å²) < 4.78 is 7.02. The van der Waals surface area contributed by atoms with Gasteiger partial charge < -0.3 is 4.74 Å². The van der Waals surface area contributed by atoms with Crippen molar-refractivity contribution in [3.8, 4) is 5.75 Å². The van der Waals surface area contributed by atoms with E-state index >= 15 is 0 Å². The first-order valence-corrected chi connectivity index (χ1v) is 10.7. The zero-order valence-corrected chi connectivity index (χ0v) is 18.3. The molecule has 0 fully saturated rings. The molecule has 34 heavy (non-hydrogen) atoms. The Kier molecular flexibility index (Phi) is 5.51. The number of hydrogen-bond acceptors (Lipinski definition) is 6. The second-order valence-electron chi connectivity index (χ2n) is 7.94. The van der Waals surface area contributed by atoms with E-state index in [4.69, 9.17) is 4.74 Å². The number of carbonyl (C=O) groups is 1.